The van der Waals surface area contributed by atoms with E-state index in [0.717, 1.165) is 28.8 Å². The van der Waals surface area contributed by atoms with Crippen molar-refractivity contribution >= 4 is 27.3 Å². The van der Waals surface area contributed by atoms with Crippen LogP contribution in [0.3, 0.4) is 0 Å². The van der Waals surface area contributed by atoms with Gasteiger partial charge < -0.3 is 5.32 Å². The molecule has 0 heterocycles. The molecule has 0 spiro atoms. The van der Waals surface area contributed by atoms with Crippen molar-refractivity contribution in [3.05, 3.63) is 59.9 Å². The topological polar surface area (TPSA) is 66.5 Å². The second-order valence-electron chi connectivity index (χ2n) is 5.98. The summed E-state index contributed by atoms with van der Waals surface area (Å²) in [7, 11) is -3.81. The normalized spacial score (nSPS) is 11.9. The quantitative estimate of drug-likeness (QED) is 0.691. The zero-order valence-electron chi connectivity index (χ0n) is 14.8. The first-order chi connectivity index (χ1) is 13.0. The van der Waals surface area contributed by atoms with Crippen LogP contribution in [-0.4, -0.2) is 27.1 Å². The van der Waals surface area contributed by atoms with Crippen LogP contribution in [0.4, 0.5) is 28.9 Å². The zero-order valence-corrected chi connectivity index (χ0v) is 15.6. The van der Waals surface area contributed by atoms with E-state index in [1.165, 1.54) is 30.3 Å². The van der Waals surface area contributed by atoms with E-state index in [1.54, 1.807) is 0 Å². The lowest BCUT2D eigenvalue weighted by Gasteiger charge is -2.22. The van der Waals surface area contributed by atoms with Gasteiger partial charge in [-0.3, -0.25) is 9.10 Å². The van der Waals surface area contributed by atoms with Gasteiger partial charge in [0.25, 0.3) is 0 Å². The first-order valence-corrected chi connectivity index (χ1v) is 10.0. The summed E-state index contributed by atoms with van der Waals surface area (Å²) in [6.45, 7) is -0.200. The number of carbonyl (C=O) groups excluding carboxylic acids is 1. The van der Waals surface area contributed by atoms with E-state index in [1.807, 2.05) is 0 Å². The molecule has 2 aromatic carbocycles. The molecule has 0 atom stereocenters. The lowest BCUT2D eigenvalue weighted by atomic mass is 10.1. The fourth-order valence-corrected chi connectivity index (χ4v) is 3.52. The van der Waals surface area contributed by atoms with E-state index >= 15 is 0 Å². The Balaban J connectivity index is 2.04. The van der Waals surface area contributed by atoms with Gasteiger partial charge in [-0.25, -0.2) is 12.8 Å². The van der Waals surface area contributed by atoms with Gasteiger partial charge in [-0.05, 0) is 30.7 Å². The van der Waals surface area contributed by atoms with Gasteiger partial charge in [0.2, 0.25) is 15.9 Å². The number of amides is 1. The van der Waals surface area contributed by atoms with Crippen LogP contribution >= 0.6 is 0 Å². The van der Waals surface area contributed by atoms with Crippen molar-refractivity contribution in [1.29, 1.82) is 0 Å². The smallest absolute Gasteiger partial charge is 0.326 e. The molecule has 0 aliphatic rings. The SMILES string of the molecule is CS(=O)(=O)N(CCCC(=O)Nc1ccccc1C(F)(F)F)c1ccccc1F. The molecule has 5 nitrogen and oxygen atoms in total. The van der Waals surface area contributed by atoms with Gasteiger partial charge in [0.05, 0.1) is 23.2 Å². The van der Waals surface area contributed by atoms with E-state index < -0.39 is 33.5 Å². The van der Waals surface area contributed by atoms with Crippen molar-refractivity contribution in [1.82, 2.24) is 0 Å². The molecule has 0 saturated carbocycles. The number of para-hydroxylation sites is 2. The molecule has 2 aromatic rings. The van der Waals surface area contributed by atoms with Gasteiger partial charge in [0.15, 0.2) is 0 Å². The second kappa shape index (κ2) is 8.59. The first-order valence-electron chi connectivity index (χ1n) is 8.18. The Bertz CT molecular complexity index is 946. The number of alkyl halides is 3. The molecule has 10 heteroatoms. The maximum atomic E-state index is 13.9. The third kappa shape index (κ3) is 5.69. The Kier molecular flexibility index (Phi) is 6.65. The van der Waals surface area contributed by atoms with E-state index in [0.29, 0.717) is 0 Å². The van der Waals surface area contributed by atoms with Crippen molar-refractivity contribution in [2.24, 2.45) is 0 Å². The van der Waals surface area contributed by atoms with Crippen molar-refractivity contribution in [3.63, 3.8) is 0 Å². The number of nitrogens with one attached hydrogen (secondary N) is 1. The van der Waals surface area contributed by atoms with E-state index in [9.17, 15) is 30.8 Å². The molecule has 1 amide bonds. The average molecular weight is 418 g/mol. The lowest BCUT2D eigenvalue weighted by molar-refractivity contribution is -0.137. The molecule has 0 fully saturated rings. The molecule has 2 rings (SSSR count). The van der Waals surface area contributed by atoms with Crippen LogP contribution in [0, 0.1) is 5.82 Å². The number of hydrogen-bond acceptors (Lipinski definition) is 3. The monoisotopic (exact) mass is 418 g/mol. The van der Waals surface area contributed by atoms with Gasteiger partial charge in [-0.2, -0.15) is 13.2 Å². The number of rotatable bonds is 7. The van der Waals surface area contributed by atoms with E-state index in [4.69, 9.17) is 0 Å². The van der Waals surface area contributed by atoms with Gasteiger partial charge in [-0.15, -0.1) is 0 Å². The van der Waals surface area contributed by atoms with Gasteiger partial charge in [0.1, 0.15) is 5.82 Å². The first kappa shape index (κ1) is 21.7. The van der Waals surface area contributed by atoms with Gasteiger partial charge in [0, 0.05) is 13.0 Å². The van der Waals surface area contributed by atoms with Crippen LogP contribution in [0.2, 0.25) is 0 Å². The Hall–Kier alpha value is -2.62. The van der Waals surface area contributed by atoms with Crippen LogP contribution in [0.1, 0.15) is 18.4 Å². The lowest BCUT2D eigenvalue weighted by Crippen LogP contribution is -2.32. The summed E-state index contributed by atoms with van der Waals surface area (Å²) in [5, 5.41) is 2.18. The summed E-state index contributed by atoms with van der Waals surface area (Å²) >= 11 is 0. The summed E-state index contributed by atoms with van der Waals surface area (Å²) < 4.78 is 77.5. The summed E-state index contributed by atoms with van der Waals surface area (Å²) in [5.41, 5.74) is -1.52. The molecular weight excluding hydrogens is 400 g/mol. The molecule has 0 unspecified atom stereocenters. The van der Waals surface area contributed by atoms with Crippen LogP contribution < -0.4 is 9.62 Å². The summed E-state index contributed by atoms with van der Waals surface area (Å²) in [6, 6.07) is 9.81. The predicted octanol–water partition coefficient (Wildman–Crippen LogP) is 4.03. The van der Waals surface area contributed by atoms with Gasteiger partial charge in [-0.1, -0.05) is 24.3 Å². The zero-order chi connectivity index (χ0) is 20.9. The highest BCUT2D eigenvalue weighted by Crippen LogP contribution is 2.34. The number of sulfonamides is 1. The van der Waals surface area contributed by atoms with Crippen LogP contribution in [-0.2, 0) is 21.0 Å². The molecule has 0 aliphatic carbocycles. The number of benzene rings is 2. The fraction of sp³-hybridized carbons (Fsp3) is 0.278. The Labute approximate surface area is 160 Å². The minimum atomic E-state index is -4.62. The summed E-state index contributed by atoms with van der Waals surface area (Å²) in [6.07, 6.45) is -3.98. The molecular formula is C18H18F4N2O3S. The molecule has 1 N–H and O–H groups in total. The molecule has 152 valence electrons. The molecule has 0 aromatic heterocycles. The molecule has 28 heavy (non-hydrogen) atoms. The highest BCUT2D eigenvalue weighted by Gasteiger charge is 2.33. The largest absolute Gasteiger partial charge is 0.418 e. The van der Waals surface area contributed by atoms with Crippen molar-refractivity contribution < 1.29 is 30.8 Å². The maximum Gasteiger partial charge on any atom is 0.418 e. The highest BCUT2D eigenvalue weighted by atomic mass is 32.2. The maximum absolute atomic E-state index is 13.9. The summed E-state index contributed by atoms with van der Waals surface area (Å²) in [4.78, 5) is 12.0. The van der Waals surface area contributed by atoms with Crippen LogP contribution in [0.15, 0.2) is 48.5 Å². The molecule has 0 bridgehead atoms. The number of carbonyl (C=O) groups is 1. The fourth-order valence-electron chi connectivity index (χ4n) is 2.55. The van der Waals surface area contributed by atoms with Crippen LogP contribution in [0.25, 0.3) is 0 Å². The summed E-state index contributed by atoms with van der Waals surface area (Å²) in [5.74, 6) is -1.45. The predicted molar refractivity (Wildman–Crippen MR) is 97.9 cm³/mol. The molecule has 0 aliphatic heterocycles. The number of halogens is 4. The second-order valence-corrected chi connectivity index (χ2v) is 7.89. The Morgan fingerprint density at radius 3 is 2.29 bits per heavy atom. The number of hydrogen-bond donors (Lipinski definition) is 1. The van der Waals surface area contributed by atoms with Crippen LogP contribution in [0.5, 0.6) is 0 Å². The minimum absolute atomic E-state index is 0.0125. The number of nitrogens with zero attached hydrogens (tertiary/aromatic N) is 1. The Morgan fingerprint density at radius 2 is 1.68 bits per heavy atom. The van der Waals surface area contributed by atoms with Gasteiger partial charge >= 0.3 is 6.18 Å². The standard InChI is InChI=1S/C18H18F4N2O3S/c1-28(26,27)24(16-10-5-3-8-14(16)19)12-6-11-17(25)23-15-9-4-2-7-13(15)18(20,21)22/h2-5,7-10H,6,11-12H2,1H3,(H,23,25). The minimum Gasteiger partial charge on any atom is -0.326 e. The van der Waals surface area contributed by atoms with E-state index in [2.05, 4.69) is 5.32 Å². The molecule has 0 saturated heterocycles. The average Bonchev–Trinajstić information content (AvgIpc) is 2.58. The van der Waals surface area contributed by atoms with Crippen molar-refractivity contribution in [2.75, 3.05) is 22.4 Å². The highest BCUT2D eigenvalue weighted by molar-refractivity contribution is 7.92. The van der Waals surface area contributed by atoms with Crippen molar-refractivity contribution in [2.45, 2.75) is 19.0 Å². The van der Waals surface area contributed by atoms with E-state index in [-0.39, 0.29) is 30.8 Å². The third-order valence-corrected chi connectivity index (χ3v) is 4.97. The van der Waals surface area contributed by atoms with Crippen molar-refractivity contribution in [3.8, 4) is 0 Å². The third-order valence-electron chi connectivity index (χ3n) is 3.79. The molecule has 0 radical (unpaired) electrons. The number of anilines is 2. The Morgan fingerprint density at radius 1 is 1.07 bits per heavy atom.